The molecule has 1 rings (SSSR count). The average molecular weight is 330 g/mol. The molecule has 24 heavy (non-hydrogen) atoms. The summed E-state index contributed by atoms with van der Waals surface area (Å²) in [5.74, 6) is 1.32. The predicted molar refractivity (Wildman–Crippen MR) is 99.6 cm³/mol. The van der Waals surface area contributed by atoms with Crippen molar-refractivity contribution in [3.63, 3.8) is 0 Å². The van der Waals surface area contributed by atoms with Crippen molar-refractivity contribution in [1.82, 2.24) is 0 Å². The molecule has 0 bridgehead atoms. The van der Waals surface area contributed by atoms with E-state index in [4.69, 9.17) is 9.84 Å². The lowest BCUT2D eigenvalue weighted by Gasteiger charge is -2.13. The molecule has 0 amide bonds. The summed E-state index contributed by atoms with van der Waals surface area (Å²) >= 11 is 0. The van der Waals surface area contributed by atoms with E-state index in [0.29, 0.717) is 37.2 Å². The number of hydrogen-bond donors (Lipinski definition) is 1. The first kappa shape index (κ1) is 20.2. The Morgan fingerprint density at radius 1 is 1.17 bits per heavy atom. The highest BCUT2D eigenvalue weighted by molar-refractivity contribution is 5.78. The number of ketones is 1. The van der Waals surface area contributed by atoms with Gasteiger partial charge in [-0.3, -0.25) is 4.79 Å². The van der Waals surface area contributed by atoms with Crippen molar-refractivity contribution in [3.05, 3.63) is 53.8 Å². The minimum absolute atomic E-state index is 0.138. The molecular formula is C21H30O3. The first-order valence-electron chi connectivity index (χ1n) is 8.75. The molecule has 1 aromatic rings. The second-order valence-electron chi connectivity index (χ2n) is 6.17. The summed E-state index contributed by atoms with van der Waals surface area (Å²) < 4.78 is 5.70. The third-order valence-corrected chi connectivity index (χ3v) is 4.00. The van der Waals surface area contributed by atoms with Gasteiger partial charge >= 0.3 is 0 Å². The maximum Gasteiger partial charge on any atom is 0.133 e. The Labute approximate surface area is 146 Å². The molecule has 0 aromatic heterocycles. The highest BCUT2D eigenvalue weighted by Gasteiger charge is 2.08. The molecular weight excluding hydrogens is 300 g/mol. The van der Waals surface area contributed by atoms with E-state index in [2.05, 4.69) is 39.1 Å². The molecule has 0 spiro atoms. The van der Waals surface area contributed by atoms with Gasteiger partial charge in [0.05, 0.1) is 5.76 Å². The number of rotatable bonds is 12. The van der Waals surface area contributed by atoms with Crippen LogP contribution in [0.25, 0.3) is 5.76 Å². The van der Waals surface area contributed by atoms with Crippen LogP contribution in [0, 0.1) is 6.92 Å². The Morgan fingerprint density at radius 2 is 1.92 bits per heavy atom. The minimum atomic E-state index is 0.138. The minimum Gasteiger partial charge on any atom is -0.462 e. The number of carbonyl (C=O) groups excluding carboxylic acids is 1. The molecule has 0 heterocycles. The largest absolute Gasteiger partial charge is 0.462 e. The number of benzene rings is 1. The molecule has 0 aliphatic rings. The zero-order valence-electron chi connectivity index (χ0n) is 15.1. The van der Waals surface area contributed by atoms with E-state index in [0.717, 1.165) is 24.8 Å². The number of allylic oxidation sites excluding steroid dienone is 1. The van der Waals surface area contributed by atoms with E-state index >= 15 is 0 Å². The van der Waals surface area contributed by atoms with Gasteiger partial charge in [-0.2, -0.15) is 0 Å². The fourth-order valence-electron chi connectivity index (χ4n) is 2.51. The van der Waals surface area contributed by atoms with Crippen molar-refractivity contribution < 1.29 is 14.6 Å². The van der Waals surface area contributed by atoms with Crippen LogP contribution < -0.4 is 0 Å². The molecule has 0 aliphatic carbocycles. The van der Waals surface area contributed by atoms with Gasteiger partial charge < -0.3 is 9.84 Å². The maximum absolute atomic E-state index is 11.7. The third-order valence-electron chi connectivity index (χ3n) is 4.00. The molecule has 0 saturated heterocycles. The van der Waals surface area contributed by atoms with Gasteiger partial charge in [-0.25, -0.2) is 0 Å². The molecule has 3 nitrogen and oxygen atoms in total. The van der Waals surface area contributed by atoms with Crippen LogP contribution in [0.1, 0.15) is 62.1 Å². The average Bonchev–Trinajstić information content (AvgIpc) is 2.55. The van der Waals surface area contributed by atoms with E-state index in [-0.39, 0.29) is 12.4 Å². The van der Waals surface area contributed by atoms with Gasteiger partial charge in [0.1, 0.15) is 11.5 Å². The Bertz CT molecular complexity index is 572. The Balaban J connectivity index is 2.48. The van der Waals surface area contributed by atoms with Gasteiger partial charge in [-0.1, -0.05) is 38.6 Å². The highest BCUT2D eigenvalue weighted by Crippen LogP contribution is 2.22. The summed E-state index contributed by atoms with van der Waals surface area (Å²) in [5, 5.41) is 8.72. The fourth-order valence-corrected chi connectivity index (χ4v) is 2.51. The van der Waals surface area contributed by atoms with E-state index in [1.54, 1.807) is 0 Å². The predicted octanol–water partition coefficient (Wildman–Crippen LogP) is 4.96. The molecule has 132 valence electrons. The van der Waals surface area contributed by atoms with Crippen molar-refractivity contribution in [2.45, 2.75) is 58.8 Å². The lowest BCUT2D eigenvalue weighted by atomic mass is 10.0. The van der Waals surface area contributed by atoms with Gasteiger partial charge in [0, 0.05) is 31.4 Å². The molecule has 0 saturated carbocycles. The van der Waals surface area contributed by atoms with Crippen LogP contribution >= 0.6 is 0 Å². The number of Topliss-reactive ketones (excluding diaryl/α,β-unsaturated/α-hetero) is 1. The summed E-state index contributed by atoms with van der Waals surface area (Å²) in [7, 11) is 0. The van der Waals surface area contributed by atoms with Crippen molar-refractivity contribution in [3.8, 4) is 0 Å². The molecule has 1 N–H and O–H groups in total. The SMILES string of the molecule is C=C(CCC(=O)CCCCO)OC(=C)c1ccc(C)c(CCC)c1. The van der Waals surface area contributed by atoms with Crippen LogP contribution in [0.5, 0.6) is 0 Å². The summed E-state index contributed by atoms with van der Waals surface area (Å²) in [6.45, 7) is 12.3. The van der Waals surface area contributed by atoms with Crippen LogP contribution in [-0.2, 0) is 16.0 Å². The Morgan fingerprint density at radius 3 is 2.58 bits per heavy atom. The number of ether oxygens (including phenoxy) is 1. The fraction of sp³-hybridized carbons (Fsp3) is 0.476. The lowest BCUT2D eigenvalue weighted by molar-refractivity contribution is -0.119. The number of aliphatic hydroxyl groups excluding tert-OH is 1. The number of aliphatic hydroxyl groups is 1. The van der Waals surface area contributed by atoms with Crippen LogP contribution in [0.15, 0.2) is 37.1 Å². The standard InChI is InChI=1S/C21H30O3/c1-5-8-19-15-20(12-10-16(19)2)18(4)24-17(3)11-13-21(23)9-6-7-14-22/h10,12,15,22H,3-9,11,13-14H2,1-2H3. The summed E-state index contributed by atoms with van der Waals surface area (Å²) in [5.41, 5.74) is 3.55. The number of hydrogen-bond acceptors (Lipinski definition) is 3. The Hall–Kier alpha value is -1.87. The quantitative estimate of drug-likeness (QED) is 0.435. The van der Waals surface area contributed by atoms with Crippen LogP contribution in [-0.4, -0.2) is 17.5 Å². The molecule has 3 heteroatoms. The molecule has 1 aromatic carbocycles. The molecule has 0 fully saturated rings. The number of unbranched alkanes of at least 4 members (excludes halogenated alkanes) is 1. The zero-order chi connectivity index (χ0) is 17.9. The van der Waals surface area contributed by atoms with Crippen LogP contribution in [0.3, 0.4) is 0 Å². The van der Waals surface area contributed by atoms with Gasteiger partial charge in [0.15, 0.2) is 0 Å². The second-order valence-corrected chi connectivity index (χ2v) is 6.17. The summed E-state index contributed by atoms with van der Waals surface area (Å²) in [4.78, 5) is 11.7. The number of carbonyl (C=O) groups is 1. The first-order chi connectivity index (χ1) is 11.5. The summed E-state index contributed by atoms with van der Waals surface area (Å²) in [6, 6.07) is 6.21. The van der Waals surface area contributed by atoms with Crippen LogP contribution in [0.2, 0.25) is 0 Å². The van der Waals surface area contributed by atoms with Crippen molar-refractivity contribution in [1.29, 1.82) is 0 Å². The normalized spacial score (nSPS) is 10.5. The van der Waals surface area contributed by atoms with Gasteiger partial charge in [-0.05, 0) is 43.4 Å². The maximum atomic E-state index is 11.7. The summed E-state index contributed by atoms with van der Waals surface area (Å²) in [6.07, 6.45) is 4.98. The smallest absolute Gasteiger partial charge is 0.133 e. The first-order valence-corrected chi connectivity index (χ1v) is 8.75. The highest BCUT2D eigenvalue weighted by atomic mass is 16.5. The van der Waals surface area contributed by atoms with Crippen molar-refractivity contribution >= 4 is 11.5 Å². The van der Waals surface area contributed by atoms with Crippen molar-refractivity contribution in [2.24, 2.45) is 0 Å². The van der Waals surface area contributed by atoms with E-state index in [9.17, 15) is 4.79 Å². The van der Waals surface area contributed by atoms with Gasteiger partial charge in [-0.15, -0.1) is 0 Å². The number of aryl methyl sites for hydroxylation is 2. The van der Waals surface area contributed by atoms with Crippen molar-refractivity contribution in [2.75, 3.05) is 6.61 Å². The van der Waals surface area contributed by atoms with E-state index in [1.807, 2.05) is 6.07 Å². The molecule has 0 atom stereocenters. The molecule has 0 aliphatic heterocycles. The van der Waals surface area contributed by atoms with Gasteiger partial charge in [0.2, 0.25) is 0 Å². The lowest BCUT2D eigenvalue weighted by Crippen LogP contribution is -2.01. The van der Waals surface area contributed by atoms with Gasteiger partial charge in [0.25, 0.3) is 0 Å². The van der Waals surface area contributed by atoms with E-state index < -0.39 is 0 Å². The monoisotopic (exact) mass is 330 g/mol. The topological polar surface area (TPSA) is 46.5 Å². The third kappa shape index (κ3) is 7.14. The van der Waals surface area contributed by atoms with Crippen LogP contribution in [0.4, 0.5) is 0 Å². The molecule has 0 unspecified atom stereocenters. The Kier molecular flexibility index (Phi) is 9.10. The van der Waals surface area contributed by atoms with E-state index in [1.165, 1.54) is 11.1 Å². The zero-order valence-corrected chi connectivity index (χ0v) is 15.1. The molecule has 0 radical (unpaired) electrons. The second kappa shape index (κ2) is 10.8.